The third-order valence-electron chi connectivity index (χ3n) is 3.23. The lowest BCUT2D eigenvalue weighted by atomic mass is 9.83. The molecular weight excluding hydrogens is 268 g/mol. The molecule has 0 spiro atoms. The number of hydrogen-bond donors (Lipinski definition) is 7. The summed E-state index contributed by atoms with van der Waals surface area (Å²) >= 11 is 0. The van der Waals surface area contributed by atoms with E-state index in [1.165, 1.54) is 0 Å². The molecule has 0 aromatic carbocycles. The first-order valence-corrected chi connectivity index (χ1v) is 6.96. The van der Waals surface area contributed by atoms with Crippen LogP contribution in [0.4, 0.5) is 0 Å². The molecule has 0 amide bonds. The Kier molecular flexibility index (Phi) is 10.3. The Morgan fingerprint density at radius 3 is 1.05 bits per heavy atom. The van der Waals surface area contributed by atoms with Crippen molar-refractivity contribution in [1.82, 2.24) is 0 Å². The monoisotopic (exact) mass is 296 g/mol. The minimum absolute atomic E-state index is 0.0918. The number of aliphatic hydroxyl groups is 7. The first-order valence-electron chi connectivity index (χ1n) is 6.96. The van der Waals surface area contributed by atoms with Crippen LogP contribution in [-0.4, -0.2) is 79.5 Å². The lowest BCUT2D eigenvalue weighted by molar-refractivity contribution is -0.0788. The molecule has 0 aliphatic heterocycles. The van der Waals surface area contributed by atoms with E-state index in [0.717, 1.165) is 0 Å². The second-order valence-corrected chi connectivity index (χ2v) is 5.34. The van der Waals surface area contributed by atoms with Crippen LogP contribution in [0.15, 0.2) is 0 Å². The molecular formula is C13H28O7. The molecule has 7 nitrogen and oxygen atoms in total. The van der Waals surface area contributed by atoms with E-state index in [4.69, 9.17) is 15.3 Å². The Labute approximate surface area is 119 Å². The zero-order chi connectivity index (χ0) is 15.6. The Balaban J connectivity index is 4.64. The van der Waals surface area contributed by atoms with Crippen molar-refractivity contribution in [2.24, 2.45) is 0 Å². The van der Waals surface area contributed by atoms with Crippen molar-refractivity contribution in [2.45, 2.75) is 62.4 Å². The predicted molar refractivity (Wildman–Crippen MR) is 71.9 cm³/mol. The van der Waals surface area contributed by atoms with Crippen LogP contribution in [-0.2, 0) is 0 Å². The minimum Gasteiger partial charge on any atom is -0.396 e. The van der Waals surface area contributed by atoms with E-state index in [-0.39, 0.29) is 58.3 Å². The summed E-state index contributed by atoms with van der Waals surface area (Å²) in [6.07, 6.45) is -2.87. The smallest absolute Gasteiger partial charge is 0.0721 e. The van der Waals surface area contributed by atoms with Crippen LogP contribution in [0, 0.1) is 0 Å². The van der Waals surface area contributed by atoms with Gasteiger partial charge in [0.05, 0.1) is 23.9 Å². The predicted octanol–water partition coefficient (Wildman–Crippen LogP) is -1.88. The SMILES string of the molecule is OCCC(O)CC(O)(CC(O)CCO)CC(O)CCO. The van der Waals surface area contributed by atoms with E-state index in [0.29, 0.717) is 0 Å². The second-order valence-electron chi connectivity index (χ2n) is 5.34. The van der Waals surface area contributed by atoms with Gasteiger partial charge in [-0.1, -0.05) is 0 Å². The molecule has 7 N–H and O–H groups in total. The zero-order valence-electron chi connectivity index (χ0n) is 11.7. The maximum Gasteiger partial charge on any atom is 0.0721 e. The molecule has 0 aliphatic carbocycles. The fraction of sp³-hybridized carbons (Fsp3) is 1.00. The number of rotatable bonds is 12. The average Bonchev–Trinajstić information content (AvgIpc) is 2.28. The highest BCUT2D eigenvalue weighted by Gasteiger charge is 2.34. The Morgan fingerprint density at radius 2 is 0.850 bits per heavy atom. The van der Waals surface area contributed by atoms with Gasteiger partial charge in [0.15, 0.2) is 0 Å². The highest BCUT2D eigenvalue weighted by atomic mass is 16.3. The van der Waals surface area contributed by atoms with E-state index >= 15 is 0 Å². The first kappa shape index (κ1) is 19.7. The lowest BCUT2D eigenvalue weighted by Crippen LogP contribution is -2.41. The largest absolute Gasteiger partial charge is 0.396 e. The standard InChI is InChI=1S/C13H28O7/c14-4-1-10(17)7-13(20,8-11(18)2-5-15)9-12(19)3-6-16/h10-12,14-20H,1-9H2. The van der Waals surface area contributed by atoms with Crippen molar-refractivity contribution < 1.29 is 35.7 Å². The molecule has 0 rings (SSSR count). The van der Waals surface area contributed by atoms with E-state index in [1.807, 2.05) is 0 Å². The first-order chi connectivity index (χ1) is 9.36. The summed E-state index contributed by atoms with van der Waals surface area (Å²) in [5, 5.41) is 65.8. The summed E-state index contributed by atoms with van der Waals surface area (Å²) in [5.74, 6) is 0. The van der Waals surface area contributed by atoms with Gasteiger partial charge in [0.25, 0.3) is 0 Å². The average molecular weight is 296 g/mol. The number of hydrogen-bond acceptors (Lipinski definition) is 7. The van der Waals surface area contributed by atoms with Crippen molar-refractivity contribution in [3.8, 4) is 0 Å². The lowest BCUT2D eigenvalue weighted by Gasteiger charge is -2.33. The third-order valence-corrected chi connectivity index (χ3v) is 3.23. The minimum atomic E-state index is -1.52. The molecule has 0 aromatic heterocycles. The van der Waals surface area contributed by atoms with Crippen LogP contribution in [0.3, 0.4) is 0 Å². The van der Waals surface area contributed by atoms with E-state index < -0.39 is 23.9 Å². The van der Waals surface area contributed by atoms with Crippen LogP contribution in [0.25, 0.3) is 0 Å². The van der Waals surface area contributed by atoms with Crippen LogP contribution in [0.2, 0.25) is 0 Å². The molecule has 0 aromatic rings. The van der Waals surface area contributed by atoms with Gasteiger partial charge in [0, 0.05) is 39.1 Å². The van der Waals surface area contributed by atoms with E-state index in [9.17, 15) is 20.4 Å². The molecule has 122 valence electrons. The van der Waals surface area contributed by atoms with Crippen LogP contribution < -0.4 is 0 Å². The van der Waals surface area contributed by atoms with E-state index in [2.05, 4.69) is 0 Å². The summed E-state index contributed by atoms with van der Waals surface area (Å²) in [5.41, 5.74) is -1.52. The third kappa shape index (κ3) is 8.80. The second kappa shape index (κ2) is 10.4. The molecule has 7 heteroatoms. The van der Waals surface area contributed by atoms with Gasteiger partial charge in [-0.15, -0.1) is 0 Å². The van der Waals surface area contributed by atoms with Crippen molar-refractivity contribution in [2.75, 3.05) is 19.8 Å². The van der Waals surface area contributed by atoms with Gasteiger partial charge in [-0.25, -0.2) is 0 Å². The zero-order valence-corrected chi connectivity index (χ0v) is 11.7. The Morgan fingerprint density at radius 1 is 0.600 bits per heavy atom. The molecule has 3 atom stereocenters. The number of aliphatic hydroxyl groups excluding tert-OH is 6. The van der Waals surface area contributed by atoms with Gasteiger partial charge >= 0.3 is 0 Å². The molecule has 0 radical (unpaired) electrons. The summed E-state index contributed by atoms with van der Waals surface area (Å²) in [6.45, 7) is -0.680. The topological polar surface area (TPSA) is 142 Å². The van der Waals surface area contributed by atoms with Crippen molar-refractivity contribution in [3.63, 3.8) is 0 Å². The van der Waals surface area contributed by atoms with Gasteiger partial charge in [0.1, 0.15) is 0 Å². The molecule has 0 aliphatic rings. The fourth-order valence-electron chi connectivity index (χ4n) is 2.32. The summed E-state index contributed by atoms with van der Waals surface area (Å²) in [6, 6.07) is 0. The molecule has 0 saturated carbocycles. The highest BCUT2D eigenvalue weighted by Crippen LogP contribution is 2.28. The van der Waals surface area contributed by atoms with Crippen LogP contribution in [0.5, 0.6) is 0 Å². The van der Waals surface area contributed by atoms with Crippen LogP contribution >= 0.6 is 0 Å². The Hall–Kier alpha value is -0.280. The quantitative estimate of drug-likeness (QED) is 0.223. The normalized spacial score (nSPS) is 19.4. The van der Waals surface area contributed by atoms with Gasteiger partial charge in [-0.05, 0) is 19.3 Å². The van der Waals surface area contributed by atoms with Crippen molar-refractivity contribution >= 4 is 0 Å². The summed E-state index contributed by atoms with van der Waals surface area (Å²) < 4.78 is 0. The molecule has 0 fully saturated rings. The van der Waals surface area contributed by atoms with E-state index in [1.54, 1.807) is 0 Å². The fourth-order valence-corrected chi connectivity index (χ4v) is 2.32. The van der Waals surface area contributed by atoms with Gasteiger partial charge in [-0.2, -0.15) is 0 Å². The maximum atomic E-state index is 10.5. The summed E-state index contributed by atoms with van der Waals surface area (Å²) in [7, 11) is 0. The van der Waals surface area contributed by atoms with Gasteiger partial charge < -0.3 is 35.7 Å². The highest BCUT2D eigenvalue weighted by molar-refractivity contribution is 4.86. The molecule has 0 bridgehead atoms. The van der Waals surface area contributed by atoms with Gasteiger partial charge in [0.2, 0.25) is 0 Å². The summed E-state index contributed by atoms with van der Waals surface area (Å²) in [4.78, 5) is 0. The van der Waals surface area contributed by atoms with Crippen LogP contribution in [0.1, 0.15) is 38.5 Å². The molecule has 0 saturated heterocycles. The molecule has 0 heterocycles. The van der Waals surface area contributed by atoms with Gasteiger partial charge in [-0.3, -0.25) is 0 Å². The maximum absolute atomic E-state index is 10.5. The van der Waals surface area contributed by atoms with Crippen molar-refractivity contribution in [1.29, 1.82) is 0 Å². The Bertz CT molecular complexity index is 201. The molecule has 3 unspecified atom stereocenters. The van der Waals surface area contributed by atoms with Crippen molar-refractivity contribution in [3.05, 3.63) is 0 Å². The molecule has 20 heavy (non-hydrogen) atoms.